The van der Waals surface area contributed by atoms with Gasteiger partial charge in [-0.25, -0.2) is 13.4 Å². The Balaban J connectivity index is 1.62. The number of nitrogens with zero attached hydrogens (tertiary/aromatic N) is 2. The van der Waals surface area contributed by atoms with Crippen LogP contribution in [0.3, 0.4) is 0 Å². The Bertz CT molecular complexity index is 1240. The maximum absolute atomic E-state index is 12.3. The number of anilines is 3. The minimum atomic E-state index is -4.81. The molecule has 7 nitrogen and oxygen atoms in total. The Morgan fingerprint density at radius 3 is 2.45 bits per heavy atom. The van der Waals surface area contributed by atoms with E-state index < -0.39 is 22.0 Å². The van der Waals surface area contributed by atoms with Crippen LogP contribution in [0.2, 0.25) is 5.02 Å². The SMILES string of the molecule is Cc1c(Cl)cccc1-c1cc(NCCc2ccc(NS(=O)(=O)CC(F)(F)F)cc2)nc(N)n1. The van der Waals surface area contributed by atoms with Crippen LogP contribution in [0.15, 0.2) is 48.5 Å². The van der Waals surface area contributed by atoms with Crippen LogP contribution in [0, 0.1) is 6.92 Å². The number of hydrogen-bond donors (Lipinski definition) is 3. The Labute approximate surface area is 194 Å². The molecule has 4 N–H and O–H groups in total. The number of nitrogen functional groups attached to an aromatic ring is 1. The first-order valence-corrected chi connectivity index (χ1v) is 11.7. The van der Waals surface area contributed by atoms with Gasteiger partial charge in [-0.15, -0.1) is 0 Å². The Hall–Kier alpha value is -3.05. The molecule has 0 bridgehead atoms. The third-order valence-electron chi connectivity index (χ3n) is 4.59. The van der Waals surface area contributed by atoms with E-state index in [9.17, 15) is 21.6 Å². The summed E-state index contributed by atoms with van der Waals surface area (Å²) in [5.74, 6) is -1.32. The molecule has 1 aromatic heterocycles. The zero-order valence-corrected chi connectivity index (χ0v) is 19.0. The molecule has 3 rings (SSSR count). The molecule has 0 aliphatic carbocycles. The molecular weight excluding hydrogens is 479 g/mol. The lowest BCUT2D eigenvalue weighted by atomic mass is 10.1. The number of nitrogens with one attached hydrogen (secondary N) is 2. The molecule has 0 amide bonds. The number of rotatable bonds is 8. The van der Waals surface area contributed by atoms with Gasteiger partial charge in [-0.3, -0.25) is 4.72 Å². The van der Waals surface area contributed by atoms with E-state index in [-0.39, 0.29) is 11.6 Å². The first-order chi connectivity index (χ1) is 15.4. The summed E-state index contributed by atoms with van der Waals surface area (Å²) in [6, 6.07) is 13.3. The van der Waals surface area contributed by atoms with Crippen LogP contribution >= 0.6 is 11.6 Å². The second-order valence-electron chi connectivity index (χ2n) is 7.26. The fourth-order valence-electron chi connectivity index (χ4n) is 3.08. The van der Waals surface area contributed by atoms with E-state index in [1.165, 1.54) is 12.1 Å². The first kappa shape index (κ1) is 24.6. The van der Waals surface area contributed by atoms with Crippen LogP contribution in [-0.2, 0) is 16.4 Å². The quantitative estimate of drug-likeness (QED) is 0.416. The van der Waals surface area contributed by atoms with Crippen molar-refractivity contribution in [2.45, 2.75) is 19.5 Å². The highest BCUT2D eigenvalue weighted by Crippen LogP contribution is 2.28. The van der Waals surface area contributed by atoms with E-state index in [0.29, 0.717) is 29.5 Å². The predicted octanol–water partition coefficient (Wildman–Crippen LogP) is 4.65. The molecule has 0 fully saturated rings. The highest BCUT2D eigenvalue weighted by atomic mass is 35.5. The number of benzene rings is 2. The fourth-order valence-corrected chi connectivity index (χ4v) is 4.26. The van der Waals surface area contributed by atoms with Crippen LogP contribution < -0.4 is 15.8 Å². The number of aromatic nitrogens is 2. The van der Waals surface area contributed by atoms with Gasteiger partial charge in [0.15, 0.2) is 5.75 Å². The van der Waals surface area contributed by atoms with Crippen molar-refractivity contribution >= 4 is 39.1 Å². The molecule has 2 aromatic carbocycles. The number of alkyl halides is 3. The smallest absolute Gasteiger partial charge is 0.370 e. The van der Waals surface area contributed by atoms with Gasteiger partial charge >= 0.3 is 6.18 Å². The van der Waals surface area contributed by atoms with Crippen LogP contribution in [0.1, 0.15) is 11.1 Å². The molecular formula is C21H21ClF3N5O2S. The summed E-state index contributed by atoms with van der Waals surface area (Å²) >= 11 is 6.19. The molecule has 176 valence electrons. The lowest BCUT2D eigenvalue weighted by Crippen LogP contribution is -2.27. The average Bonchev–Trinajstić information content (AvgIpc) is 2.69. The van der Waals surface area contributed by atoms with Gasteiger partial charge in [0.1, 0.15) is 5.82 Å². The summed E-state index contributed by atoms with van der Waals surface area (Å²) in [4.78, 5) is 8.46. The van der Waals surface area contributed by atoms with E-state index in [4.69, 9.17) is 17.3 Å². The van der Waals surface area contributed by atoms with Gasteiger partial charge in [-0.2, -0.15) is 18.2 Å². The van der Waals surface area contributed by atoms with E-state index in [2.05, 4.69) is 15.3 Å². The van der Waals surface area contributed by atoms with Gasteiger partial charge < -0.3 is 11.1 Å². The number of halogens is 4. The molecule has 0 saturated heterocycles. The third kappa shape index (κ3) is 7.22. The van der Waals surface area contributed by atoms with Crippen LogP contribution in [0.25, 0.3) is 11.3 Å². The minimum Gasteiger partial charge on any atom is -0.370 e. The first-order valence-electron chi connectivity index (χ1n) is 9.72. The summed E-state index contributed by atoms with van der Waals surface area (Å²) in [5.41, 5.74) is 9.08. The van der Waals surface area contributed by atoms with Crippen LogP contribution in [0.4, 0.5) is 30.6 Å². The lowest BCUT2D eigenvalue weighted by molar-refractivity contribution is -0.106. The second kappa shape index (κ2) is 9.84. The van der Waals surface area contributed by atoms with E-state index >= 15 is 0 Å². The van der Waals surface area contributed by atoms with Crippen molar-refractivity contribution in [2.24, 2.45) is 0 Å². The van der Waals surface area contributed by atoms with Crippen molar-refractivity contribution in [3.8, 4) is 11.3 Å². The molecule has 0 atom stereocenters. The summed E-state index contributed by atoms with van der Waals surface area (Å²) in [6.07, 6.45) is -4.27. The molecule has 0 spiro atoms. The largest absolute Gasteiger partial charge is 0.404 e. The normalized spacial score (nSPS) is 11.9. The topological polar surface area (TPSA) is 110 Å². The van der Waals surface area contributed by atoms with Gasteiger partial charge in [0.2, 0.25) is 16.0 Å². The molecule has 0 unspecified atom stereocenters. The Morgan fingerprint density at radius 2 is 1.79 bits per heavy atom. The summed E-state index contributed by atoms with van der Waals surface area (Å²) in [5, 5.41) is 3.77. The van der Waals surface area contributed by atoms with Gasteiger partial charge in [0.25, 0.3) is 0 Å². The Kier molecular flexibility index (Phi) is 7.33. The van der Waals surface area contributed by atoms with Gasteiger partial charge in [0.05, 0.1) is 5.69 Å². The van der Waals surface area contributed by atoms with Gasteiger partial charge in [-0.1, -0.05) is 35.9 Å². The number of sulfonamides is 1. The summed E-state index contributed by atoms with van der Waals surface area (Å²) in [7, 11) is -4.52. The van der Waals surface area contributed by atoms with Crippen molar-refractivity contribution in [3.05, 3.63) is 64.7 Å². The molecule has 33 heavy (non-hydrogen) atoms. The van der Waals surface area contributed by atoms with Gasteiger partial charge in [-0.05, 0) is 42.7 Å². The average molecular weight is 500 g/mol. The monoisotopic (exact) mass is 499 g/mol. The predicted molar refractivity (Wildman–Crippen MR) is 124 cm³/mol. The molecule has 0 aliphatic heterocycles. The molecule has 0 aliphatic rings. The standard InChI is InChI=1S/C21H21ClF3N5O2S/c1-13-16(3-2-4-17(13)22)18-11-19(29-20(26)28-18)27-10-9-14-5-7-15(8-6-14)30-33(31,32)12-21(23,24)25/h2-8,11,30H,9-10,12H2,1H3,(H3,26,27,28,29). The van der Waals surface area contributed by atoms with Crippen molar-refractivity contribution in [2.75, 3.05) is 28.1 Å². The van der Waals surface area contributed by atoms with E-state index in [0.717, 1.165) is 16.7 Å². The number of hydrogen-bond acceptors (Lipinski definition) is 6. The van der Waals surface area contributed by atoms with Crippen molar-refractivity contribution < 1.29 is 21.6 Å². The lowest BCUT2D eigenvalue weighted by Gasteiger charge is -2.12. The molecule has 12 heteroatoms. The summed E-state index contributed by atoms with van der Waals surface area (Å²) < 4.78 is 62.0. The third-order valence-corrected chi connectivity index (χ3v) is 6.25. The number of nitrogens with two attached hydrogens (primary N) is 1. The van der Waals surface area contributed by atoms with E-state index in [1.807, 2.05) is 23.8 Å². The minimum absolute atomic E-state index is 0.0565. The van der Waals surface area contributed by atoms with Crippen molar-refractivity contribution in [3.63, 3.8) is 0 Å². The van der Waals surface area contributed by atoms with Crippen molar-refractivity contribution in [1.82, 2.24) is 9.97 Å². The molecule has 0 saturated carbocycles. The molecule has 3 aromatic rings. The van der Waals surface area contributed by atoms with Crippen LogP contribution in [0.5, 0.6) is 0 Å². The highest BCUT2D eigenvalue weighted by Gasteiger charge is 2.35. The maximum atomic E-state index is 12.3. The van der Waals surface area contributed by atoms with Gasteiger partial charge in [0, 0.05) is 28.9 Å². The van der Waals surface area contributed by atoms with E-state index in [1.54, 1.807) is 24.3 Å². The van der Waals surface area contributed by atoms with Crippen molar-refractivity contribution in [1.29, 1.82) is 0 Å². The van der Waals surface area contributed by atoms with Crippen LogP contribution in [-0.4, -0.2) is 36.9 Å². The molecule has 1 heterocycles. The zero-order chi connectivity index (χ0) is 24.2. The zero-order valence-electron chi connectivity index (χ0n) is 17.4. The Morgan fingerprint density at radius 1 is 1.09 bits per heavy atom. The highest BCUT2D eigenvalue weighted by molar-refractivity contribution is 7.92. The molecule has 0 radical (unpaired) electrons. The maximum Gasteiger partial charge on any atom is 0.404 e. The fraction of sp³-hybridized carbons (Fsp3) is 0.238. The summed E-state index contributed by atoms with van der Waals surface area (Å²) in [6.45, 7) is 2.36. The second-order valence-corrected chi connectivity index (χ2v) is 9.39.